The molecule has 3 rings (SSSR count). The average molecular weight is 334 g/mol. The van der Waals surface area contributed by atoms with Gasteiger partial charge in [-0.05, 0) is 19.4 Å². The second-order valence-electron chi connectivity index (χ2n) is 7.10. The number of hydrazine groups is 1. The van der Waals surface area contributed by atoms with E-state index in [0.717, 1.165) is 13.1 Å². The van der Waals surface area contributed by atoms with Gasteiger partial charge in [-0.1, -0.05) is 30.3 Å². The van der Waals surface area contributed by atoms with Crippen LogP contribution in [0.4, 0.5) is 0 Å². The summed E-state index contributed by atoms with van der Waals surface area (Å²) in [5.41, 5.74) is 6.37. The number of nitrogens with one attached hydrogen (secondary N) is 3. The first-order valence-electron chi connectivity index (χ1n) is 8.38. The van der Waals surface area contributed by atoms with Crippen LogP contribution in [-0.4, -0.2) is 52.9 Å². The van der Waals surface area contributed by atoms with Gasteiger partial charge in [-0.2, -0.15) is 5.48 Å². The summed E-state index contributed by atoms with van der Waals surface area (Å²) < 4.78 is 0. The lowest BCUT2D eigenvalue weighted by Crippen LogP contribution is -2.44. The third kappa shape index (κ3) is 4.31. The van der Waals surface area contributed by atoms with Gasteiger partial charge in [-0.25, -0.2) is 5.01 Å². The van der Waals surface area contributed by atoms with E-state index < -0.39 is 11.7 Å². The third-order valence-corrected chi connectivity index (χ3v) is 4.51. The van der Waals surface area contributed by atoms with Crippen molar-refractivity contribution < 1.29 is 14.7 Å². The van der Waals surface area contributed by atoms with Gasteiger partial charge in [0, 0.05) is 26.1 Å². The van der Waals surface area contributed by atoms with Crippen LogP contribution in [0.25, 0.3) is 0 Å². The van der Waals surface area contributed by atoms with Crippen molar-refractivity contribution in [1.29, 1.82) is 0 Å². The molecule has 7 heteroatoms. The first kappa shape index (κ1) is 17.3. The Morgan fingerprint density at radius 1 is 1.42 bits per heavy atom. The Morgan fingerprint density at radius 2 is 2.17 bits per heavy atom. The fraction of sp³-hybridized carbons (Fsp3) is 0.588. The van der Waals surface area contributed by atoms with Gasteiger partial charge in [0.25, 0.3) is 5.91 Å². The Balaban J connectivity index is 1.45. The molecule has 0 spiro atoms. The van der Waals surface area contributed by atoms with Crippen molar-refractivity contribution in [2.45, 2.75) is 50.6 Å². The number of nitrogens with zero attached hydrogens (tertiary/aromatic N) is 1. The summed E-state index contributed by atoms with van der Waals surface area (Å²) in [6, 6.07) is 10.0. The van der Waals surface area contributed by atoms with Crippen LogP contribution < -0.4 is 16.2 Å². The van der Waals surface area contributed by atoms with Crippen molar-refractivity contribution in [1.82, 2.24) is 21.2 Å². The number of carbonyl (C=O) groups excluding carboxylic acids is 1. The maximum absolute atomic E-state index is 12.3. The number of amides is 1. The zero-order valence-electron chi connectivity index (χ0n) is 14.2. The van der Waals surface area contributed by atoms with E-state index in [2.05, 4.69) is 33.4 Å². The molecule has 2 heterocycles. The summed E-state index contributed by atoms with van der Waals surface area (Å²) in [4.78, 5) is 17.7. The highest BCUT2D eigenvalue weighted by molar-refractivity contribution is 5.81. The van der Waals surface area contributed by atoms with E-state index in [1.807, 2.05) is 18.2 Å². The normalized spacial score (nSPS) is 28.2. The molecule has 0 bridgehead atoms. The second-order valence-corrected chi connectivity index (χ2v) is 7.10. The van der Waals surface area contributed by atoms with Crippen molar-refractivity contribution >= 4 is 5.91 Å². The van der Waals surface area contributed by atoms with Crippen LogP contribution >= 0.6 is 0 Å². The van der Waals surface area contributed by atoms with E-state index in [9.17, 15) is 9.90 Å². The number of aliphatic hydroxyl groups is 1. The van der Waals surface area contributed by atoms with Crippen LogP contribution in [0.15, 0.2) is 30.3 Å². The molecule has 3 unspecified atom stereocenters. The minimum Gasteiger partial charge on any atom is -0.389 e. The molecule has 0 radical (unpaired) electrons. The third-order valence-electron chi connectivity index (χ3n) is 4.51. The van der Waals surface area contributed by atoms with Gasteiger partial charge >= 0.3 is 0 Å². The van der Waals surface area contributed by atoms with Crippen molar-refractivity contribution in [2.24, 2.45) is 0 Å². The average Bonchev–Trinajstić information content (AvgIpc) is 3.17. The number of hydrogen-bond donors (Lipinski definition) is 4. The van der Waals surface area contributed by atoms with E-state index >= 15 is 0 Å². The minimum absolute atomic E-state index is 0.0472. The molecular weight excluding hydrogens is 308 g/mol. The molecule has 4 N–H and O–H groups in total. The Labute approximate surface area is 142 Å². The Kier molecular flexibility index (Phi) is 5.17. The molecule has 2 fully saturated rings. The molecular formula is C17H26N4O3. The molecule has 0 aromatic heterocycles. The summed E-state index contributed by atoms with van der Waals surface area (Å²) >= 11 is 0. The maximum atomic E-state index is 12.3. The largest absolute Gasteiger partial charge is 0.389 e. The van der Waals surface area contributed by atoms with E-state index in [1.165, 1.54) is 5.56 Å². The molecule has 2 aliphatic heterocycles. The van der Waals surface area contributed by atoms with Gasteiger partial charge in [-0.3, -0.25) is 15.1 Å². The SMILES string of the molecule is CC(C)(O)C1CC(C(=O)NC2CNN(Cc3ccccc3)C2)ON1. The highest BCUT2D eigenvalue weighted by Gasteiger charge is 2.39. The molecule has 2 saturated heterocycles. The van der Waals surface area contributed by atoms with Gasteiger partial charge in [0.05, 0.1) is 17.7 Å². The van der Waals surface area contributed by atoms with Gasteiger partial charge in [0.1, 0.15) is 0 Å². The summed E-state index contributed by atoms with van der Waals surface area (Å²) in [7, 11) is 0. The Morgan fingerprint density at radius 3 is 2.83 bits per heavy atom. The second kappa shape index (κ2) is 7.16. The smallest absolute Gasteiger partial charge is 0.251 e. The Bertz CT molecular complexity index is 561. The topological polar surface area (TPSA) is 85.9 Å². The lowest BCUT2D eigenvalue weighted by molar-refractivity contribution is -0.133. The number of hydrogen-bond acceptors (Lipinski definition) is 6. The van der Waals surface area contributed by atoms with Crippen LogP contribution in [0.2, 0.25) is 0 Å². The predicted molar refractivity (Wildman–Crippen MR) is 89.5 cm³/mol. The van der Waals surface area contributed by atoms with E-state index in [-0.39, 0.29) is 18.0 Å². The summed E-state index contributed by atoms with van der Waals surface area (Å²) in [5.74, 6) is -0.136. The van der Waals surface area contributed by atoms with Crippen LogP contribution in [0, 0.1) is 0 Å². The predicted octanol–water partition coefficient (Wildman–Crippen LogP) is -0.0754. The molecule has 24 heavy (non-hydrogen) atoms. The maximum Gasteiger partial charge on any atom is 0.251 e. The van der Waals surface area contributed by atoms with Crippen LogP contribution in [0.5, 0.6) is 0 Å². The standard InChI is InChI=1S/C17H26N4O3/c1-17(2,23)15-8-14(24-20-15)16(22)19-13-9-18-21(11-13)10-12-6-4-3-5-7-12/h3-7,13-15,18,20,23H,8-11H2,1-2H3,(H,19,22). The molecule has 1 amide bonds. The minimum atomic E-state index is -0.920. The van der Waals surface area contributed by atoms with Gasteiger partial charge in [0.15, 0.2) is 6.10 Å². The van der Waals surface area contributed by atoms with Crippen molar-refractivity contribution in [3.63, 3.8) is 0 Å². The summed E-state index contributed by atoms with van der Waals surface area (Å²) in [6.07, 6.45) is -0.104. The number of carbonyl (C=O) groups is 1. The van der Waals surface area contributed by atoms with Gasteiger partial charge < -0.3 is 10.4 Å². The summed E-state index contributed by atoms with van der Waals surface area (Å²) in [5, 5.41) is 15.1. The highest BCUT2D eigenvalue weighted by atomic mass is 16.7. The lowest BCUT2D eigenvalue weighted by Gasteiger charge is -2.23. The number of hydroxylamine groups is 1. The zero-order chi connectivity index (χ0) is 17.2. The van der Waals surface area contributed by atoms with E-state index in [1.54, 1.807) is 13.8 Å². The number of benzene rings is 1. The van der Waals surface area contributed by atoms with Crippen molar-refractivity contribution in [2.75, 3.05) is 13.1 Å². The van der Waals surface area contributed by atoms with Gasteiger partial charge in [-0.15, -0.1) is 0 Å². The summed E-state index contributed by atoms with van der Waals surface area (Å²) in [6.45, 7) is 5.66. The van der Waals surface area contributed by atoms with E-state index in [4.69, 9.17) is 4.84 Å². The highest BCUT2D eigenvalue weighted by Crippen LogP contribution is 2.21. The fourth-order valence-corrected chi connectivity index (χ4v) is 3.02. The number of rotatable bonds is 5. The van der Waals surface area contributed by atoms with Gasteiger partial charge in [0.2, 0.25) is 0 Å². The zero-order valence-corrected chi connectivity index (χ0v) is 14.2. The molecule has 7 nitrogen and oxygen atoms in total. The quantitative estimate of drug-likeness (QED) is 0.603. The molecule has 2 aliphatic rings. The van der Waals surface area contributed by atoms with Crippen LogP contribution in [0.1, 0.15) is 25.8 Å². The van der Waals surface area contributed by atoms with Crippen LogP contribution in [-0.2, 0) is 16.2 Å². The Hall–Kier alpha value is -1.51. The lowest BCUT2D eigenvalue weighted by atomic mass is 9.95. The first-order chi connectivity index (χ1) is 11.4. The molecule has 1 aromatic carbocycles. The van der Waals surface area contributed by atoms with Crippen molar-refractivity contribution in [3.8, 4) is 0 Å². The molecule has 1 aromatic rings. The molecule has 0 saturated carbocycles. The monoisotopic (exact) mass is 334 g/mol. The van der Waals surface area contributed by atoms with E-state index in [0.29, 0.717) is 13.0 Å². The first-order valence-corrected chi connectivity index (χ1v) is 8.38. The molecule has 3 atom stereocenters. The van der Waals surface area contributed by atoms with Crippen molar-refractivity contribution in [3.05, 3.63) is 35.9 Å². The fourth-order valence-electron chi connectivity index (χ4n) is 3.02. The van der Waals surface area contributed by atoms with Crippen LogP contribution in [0.3, 0.4) is 0 Å². The molecule has 0 aliphatic carbocycles. The molecule has 132 valence electrons.